The first-order valence-electron chi connectivity index (χ1n) is 7.71. The van der Waals surface area contributed by atoms with Gasteiger partial charge in [0.2, 0.25) is 0 Å². The molecule has 1 fully saturated rings. The lowest BCUT2D eigenvalue weighted by Crippen LogP contribution is -2.39. The second-order valence-electron chi connectivity index (χ2n) is 5.60. The van der Waals surface area contributed by atoms with Crippen molar-refractivity contribution >= 4 is 16.7 Å². The van der Waals surface area contributed by atoms with Crippen LogP contribution in [-0.2, 0) is 4.74 Å². The number of ether oxygens (including phenoxy) is 1. The quantitative estimate of drug-likeness (QED) is 0.860. The highest BCUT2D eigenvalue weighted by Crippen LogP contribution is 2.19. The monoisotopic (exact) mass is 286 g/mol. The van der Waals surface area contributed by atoms with E-state index >= 15 is 0 Å². The number of Topliss-reactive ketones (excluding diaryl/α,β-unsaturated/α-hetero) is 1. The zero-order chi connectivity index (χ0) is 14.7. The first-order chi connectivity index (χ1) is 10.3. The number of hydrogen-bond donors (Lipinski definition) is 1. The third-order valence-corrected chi connectivity index (χ3v) is 4.19. The molecule has 1 aliphatic heterocycles. The van der Waals surface area contributed by atoms with Crippen LogP contribution in [0.2, 0.25) is 0 Å². The highest BCUT2D eigenvalue weighted by atomic mass is 16.5. The van der Waals surface area contributed by atoms with E-state index in [-0.39, 0.29) is 5.78 Å². The molecule has 0 aliphatic carbocycles. The number of carbonyl (C=O) groups excluding carboxylic acids is 1. The van der Waals surface area contributed by atoms with Gasteiger partial charge in [-0.15, -0.1) is 0 Å². The molecule has 1 aromatic heterocycles. The van der Waals surface area contributed by atoms with Gasteiger partial charge in [0.05, 0.1) is 12.6 Å². The Kier molecular flexibility index (Phi) is 4.36. The van der Waals surface area contributed by atoms with Crippen LogP contribution in [0.3, 0.4) is 0 Å². The van der Waals surface area contributed by atoms with Crippen LogP contribution in [0.15, 0.2) is 30.5 Å². The van der Waals surface area contributed by atoms with Crippen LogP contribution >= 0.6 is 0 Å². The molecule has 1 saturated heterocycles. The van der Waals surface area contributed by atoms with Crippen LogP contribution in [0.4, 0.5) is 0 Å². The minimum Gasteiger partial charge on any atom is -0.378 e. The third-order valence-electron chi connectivity index (χ3n) is 4.19. The van der Waals surface area contributed by atoms with Gasteiger partial charge < -0.3 is 9.72 Å². The molecule has 3 rings (SSSR count). The van der Waals surface area contributed by atoms with Crippen molar-refractivity contribution in [3.63, 3.8) is 0 Å². The number of benzene rings is 1. The lowest BCUT2D eigenvalue weighted by atomic mass is 10.1. The predicted molar refractivity (Wildman–Crippen MR) is 83.7 cm³/mol. The summed E-state index contributed by atoms with van der Waals surface area (Å²) in [5.41, 5.74) is 1.83. The molecule has 0 saturated carbocycles. The topological polar surface area (TPSA) is 45.3 Å². The molecule has 0 spiro atoms. The highest BCUT2D eigenvalue weighted by Gasteiger charge is 2.22. The number of likely N-dealkylation sites (tertiary alicyclic amines) is 1. The van der Waals surface area contributed by atoms with Crippen LogP contribution in [0.5, 0.6) is 0 Å². The summed E-state index contributed by atoms with van der Waals surface area (Å²) in [5.74, 6) is 0.197. The number of carbonyl (C=O) groups is 1. The average Bonchev–Trinajstić information content (AvgIpc) is 2.93. The number of piperidine rings is 1. The van der Waals surface area contributed by atoms with Gasteiger partial charge in [0.1, 0.15) is 0 Å². The molecule has 4 heteroatoms. The molecule has 0 bridgehead atoms. The molecular weight excluding hydrogens is 264 g/mol. The van der Waals surface area contributed by atoms with Gasteiger partial charge in [0.15, 0.2) is 5.78 Å². The Morgan fingerprint density at radius 1 is 1.33 bits per heavy atom. The Hall–Kier alpha value is -1.65. The first-order valence-corrected chi connectivity index (χ1v) is 7.71. The highest BCUT2D eigenvalue weighted by molar-refractivity contribution is 6.08. The van der Waals surface area contributed by atoms with Crippen LogP contribution < -0.4 is 0 Å². The summed E-state index contributed by atoms with van der Waals surface area (Å²) in [6, 6.07) is 7.95. The second-order valence-corrected chi connectivity index (χ2v) is 5.60. The molecule has 0 atom stereocenters. The molecule has 0 unspecified atom stereocenters. The van der Waals surface area contributed by atoms with Crippen molar-refractivity contribution in [3.05, 3.63) is 36.0 Å². The number of nitrogens with zero attached hydrogens (tertiary/aromatic N) is 1. The zero-order valence-corrected chi connectivity index (χ0v) is 12.5. The Balaban J connectivity index is 1.62. The average molecular weight is 286 g/mol. The number of ketones is 1. The first kappa shape index (κ1) is 14.3. The molecule has 0 amide bonds. The normalized spacial score (nSPS) is 17.4. The maximum Gasteiger partial charge on any atom is 0.178 e. The lowest BCUT2D eigenvalue weighted by molar-refractivity contribution is 0.0147. The minimum atomic E-state index is 0.197. The maximum absolute atomic E-state index is 12.5. The van der Waals surface area contributed by atoms with Crippen LogP contribution in [-0.4, -0.2) is 48.0 Å². The van der Waals surface area contributed by atoms with Crippen molar-refractivity contribution in [2.75, 3.05) is 26.2 Å². The minimum absolute atomic E-state index is 0.197. The predicted octanol–water partition coefficient (Wildman–Crippen LogP) is 2.85. The van der Waals surface area contributed by atoms with E-state index in [2.05, 4.69) is 9.88 Å². The summed E-state index contributed by atoms with van der Waals surface area (Å²) in [6.45, 7) is 5.20. The summed E-state index contributed by atoms with van der Waals surface area (Å²) in [7, 11) is 0. The number of fused-ring (bicyclic) bond motifs is 1. The van der Waals surface area contributed by atoms with Gasteiger partial charge in [-0.3, -0.25) is 9.69 Å². The van der Waals surface area contributed by atoms with Crippen molar-refractivity contribution in [2.45, 2.75) is 25.9 Å². The number of hydrogen-bond acceptors (Lipinski definition) is 3. The third kappa shape index (κ3) is 3.17. The van der Waals surface area contributed by atoms with Gasteiger partial charge >= 0.3 is 0 Å². The van der Waals surface area contributed by atoms with E-state index in [1.807, 2.05) is 37.4 Å². The van der Waals surface area contributed by atoms with Gasteiger partial charge in [-0.2, -0.15) is 0 Å². The Bertz CT molecular complexity index is 612. The van der Waals surface area contributed by atoms with Crippen LogP contribution in [0, 0.1) is 0 Å². The maximum atomic E-state index is 12.5. The van der Waals surface area contributed by atoms with Gasteiger partial charge in [0, 0.05) is 42.4 Å². The molecule has 2 aromatic rings. The molecule has 4 nitrogen and oxygen atoms in total. The molecule has 21 heavy (non-hydrogen) atoms. The lowest BCUT2D eigenvalue weighted by Gasteiger charge is -2.31. The number of nitrogens with one attached hydrogen (secondary N) is 1. The van der Waals surface area contributed by atoms with Gasteiger partial charge in [-0.25, -0.2) is 0 Å². The van der Waals surface area contributed by atoms with Crippen molar-refractivity contribution in [2.24, 2.45) is 0 Å². The summed E-state index contributed by atoms with van der Waals surface area (Å²) in [4.78, 5) is 17.9. The van der Waals surface area contributed by atoms with E-state index in [9.17, 15) is 4.79 Å². The van der Waals surface area contributed by atoms with E-state index in [1.54, 1.807) is 0 Å². The van der Waals surface area contributed by atoms with Crippen molar-refractivity contribution in [1.29, 1.82) is 0 Å². The zero-order valence-electron chi connectivity index (χ0n) is 12.5. The van der Waals surface area contributed by atoms with E-state index in [1.165, 1.54) is 0 Å². The Labute approximate surface area is 125 Å². The van der Waals surface area contributed by atoms with Gasteiger partial charge in [0.25, 0.3) is 0 Å². The van der Waals surface area contributed by atoms with E-state index in [0.717, 1.165) is 49.0 Å². The molecule has 112 valence electrons. The number of rotatable bonds is 5. The molecule has 1 N–H and O–H groups in total. The van der Waals surface area contributed by atoms with Crippen molar-refractivity contribution in [1.82, 2.24) is 9.88 Å². The van der Waals surface area contributed by atoms with E-state index in [0.29, 0.717) is 12.6 Å². The summed E-state index contributed by atoms with van der Waals surface area (Å²) in [6.07, 6.45) is 4.25. The number of H-pyrrole nitrogens is 1. The summed E-state index contributed by atoms with van der Waals surface area (Å²) < 4.78 is 5.65. The van der Waals surface area contributed by atoms with Crippen LogP contribution in [0.1, 0.15) is 30.1 Å². The van der Waals surface area contributed by atoms with E-state index < -0.39 is 0 Å². The van der Waals surface area contributed by atoms with E-state index in [4.69, 9.17) is 4.74 Å². The van der Waals surface area contributed by atoms with Gasteiger partial charge in [-0.05, 0) is 25.8 Å². The van der Waals surface area contributed by atoms with Crippen molar-refractivity contribution < 1.29 is 9.53 Å². The second kappa shape index (κ2) is 6.41. The van der Waals surface area contributed by atoms with Crippen molar-refractivity contribution in [3.8, 4) is 0 Å². The van der Waals surface area contributed by atoms with Gasteiger partial charge in [-0.1, -0.05) is 18.2 Å². The molecule has 1 aliphatic rings. The molecule has 2 heterocycles. The number of para-hydroxylation sites is 1. The summed E-state index contributed by atoms with van der Waals surface area (Å²) in [5, 5.41) is 1.02. The molecule has 0 radical (unpaired) electrons. The smallest absolute Gasteiger partial charge is 0.178 e. The summed E-state index contributed by atoms with van der Waals surface area (Å²) >= 11 is 0. The molecular formula is C17H22N2O2. The standard InChI is InChI=1S/C17H22N2O2/c1-2-21-13-7-9-19(10-8-13)12-17(20)15-11-18-16-6-4-3-5-14(15)16/h3-6,11,13,18H,2,7-10,12H2,1H3. The van der Waals surface area contributed by atoms with Crippen LogP contribution in [0.25, 0.3) is 10.9 Å². The fourth-order valence-electron chi connectivity index (χ4n) is 3.06. The Morgan fingerprint density at radius 2 is 2.10 bits per heavy atom. The number of aromatic nitrogens is 1. The fourth-order valence-corrected chi connectivity index (χ4v) is 3.06. The Morgan fingerprint density at radius 3 is 2.86 bits per heavy atom. The molecule has 1 aromatic carbocycles. The SMILES string of the molecule is CCOC1CCN(CC(=O)c2c[nH]c3ccccc23)CC1. The largest absolute Gasteiger partial charge is 0.378 e. The number of aromatic amines is 1. The fraction of sp³-hybridized carbons (Fsp3) is 0.471.